The van der Waals surface area contributed by atoms with Crippen molar-refractivity contribution in [3.63, 3.8) is 0 Å². The van der Waals surface area contributed by atoms with E-state index in [1.165, 1.54) is 12.1 Å². The summed E-state index contributed by atoms with van der Waals surface area (Å²) in [4.78, 5) is 14.7. The normalized spacial score (nSPS) is 16.3. The number of halogens is 2. The number of aliphatic hydroxyl groups is 1. The molecule has 0 spiro atoms. The number of alkyl carbamates (subject to hydrolysis) is 1. The van der Waals surface area contributed by atoms with Gasteiger partial charge in [-0.15, -0.1) is 0 Å². The number of carbonyl (C=O) groups is 1. The molecular weight excluding hydrogens is 576 g/mol. The highest BCUT2D eigenvalue weighted by Crippen LogP contribution is 2.27. The molecule has 1 aliphatic rings. The van der Waals surface area contributed by atoms with E-state index in [0.29, 0.717) is 36.4 Å². The van der Waals surface area contributed by atoms with Gasteiger partial charge in [-0.2, -0.15) is 0 Å². The van der Waals surface area contributed by atoms with E-state index in [9.17, 15) is 27.1 Å². The van der Waals surface area contributed by atoms with E-state index >= 15 is 0 Å². The maximum Gasteiger partial charge on any atom is 0.407 e. The van der Waals surface area contributed by atoms with Gasteiger partial charge in [-0.3, -0.25) is 4.90 Å². The average molecular weight is 628 g/mol. The van der Waals surface area contributed by atoms with Gasteiger partial charge in [0.1, 0.15) is 18.2 Å². The van der Waals surface area contributed by atoms with E-state index in [1.807, 2.05) is 25.7 Å². The topological polar surface area (TPSA) is 122 Å². The molecule has 1 aliphatic carbocycles. The van der Waals surface area contributed by atoms with Crippen LogP contribution in [-0.4, -0.2) is 79.9 Å². The van der Waals surface area contributed by atoms with Gasteiger partial charge in [0.25, 0.3) is 0 Å². The third-order valence-corrected chi connectivity index (χ3v) is 10.2. The SMILES string of the molecule is C=C(/C=C\C)COC(=O)NC(CN(CC1CCC1)CC(O)[C@@H](N)Cc1cc(F)cc(F)c1)CS(=O)(=O)C(CCC)CCC. The predicted octanol–water partition coefficient (Wildman–Crippen LogP) is 4.91. The number of hydrogen-bond donors (Lipinski definition) is 3. The molecule has 0 bridgehead atoms. The number of nitrogens with one attached hydrogen (secondary N) is 1. The van der Waals surface area contributed by atoms with Gasteiger partial charge >= 0.3 is 6.09 Å². The minimum atomic E-state index is -3.57. The van der Waals surface area contributed by atoms with Crippen LogP contribution in [-0.2, 0) is 21.0 Å². The molecule has 1 aromatic rings. The van der Waals surface area contributed by atoms with Crippen molar-refractivity contribution in [1.82, 2.24) is 10.2 Å². The van der Waals surface area contributed by atoms with E-state index in [2.05, 4.69) is 11.9 Å². The third-order valence-electron chi connectivity index (χ3n) is 7.83. The Morgan fingerprint density at radius 3 is 2.35 bits per heavy atom. The summed E-state index contributed by atoms with van der Waals surface area (Å²) in [7, 11) is -3.57. The van der Waals surface area contributed by atoms with Crippen molar-refractivity contribution in [3.05, 3.63) is 59.7 Å². The van der Waals surface area contributed by atoms with Gasteiger partial charge in [-0.25, -0.2) is 22.0 Å². The monoisotopic (exact) mass is 627 g/mol. The number of rotatable bonds is 20. The third kappa shape index (κ3) is 13.5. The molecule has 0 aliphatic heterocycles. The smallest absolute Gasteiger partial charge is 0.407 e. The molecule has 2 rings (SSSR count). The minimum absolute atomic E-state index is 0.0377. The van der Waals surface area contributed by atoms with Crippen LogP contribution < -0.4 is 11.1 Å². The summed E-state index contributed by atoms with van der Waals surface area (Å²) in [6.07, 6.45) is 7.40. The van der Waals surface area contributed by atoms with Crippen molar-refractivity contribution in [1.29, 1.82) is 0 Å². The highest BCUT2D eigenvalue weighted by atomic mass is 32.2. The molecule has 4 N–H and O–H groups in total. The standard InChI is InChI=1S/C32H51F2N3O5S/c1-5-9-23(4)21-42-32(39)36-28(22-43(40,41)29(10-6-2)11-7-3)19-37(18-24-12-8-13-24)20-31(38)30(35)16-25-14-26(33)17-27(34)15-25/h5,9,14-15,17,24,28-31,38H,4,6-8,10-13,16,18-22,35H2,1-3H3,(H,36,39)/b9-5-/t28?,30-,31?/m0/s1. The Hall–Kier alpha value is -2.34. The van der Waals surface area contributed by atoms with Crippen LogP contribution in [0.5, 0.6) is 0 Å². The molecule has 0 saturated heterocycles. The van der Waals surface area contributed by atoms with Crippen LogP contribution in [0.3, 0.4) is 0 Å². The maximum absolute atomic E-state index is 13.7. The predicted molar refractivity (Wildman–Crippen MR) is 167 cm³/mol. The van der Waals surface area contributed by atoms with Crippen LogP contribution in [0.4, 0.5) is 13.6 Å². The molecule has 8 nitrogen and oxygen atoms in total. The Labute approximate surface area is 256 Å². The molecule has 244 valence electrons. The second kappa shape index (κ2) is 18.5. The van der Waals surface area contributed by atoms with Crippen molar-refractivity contribution in [2.75, 3.05) is 32.0 Å². The summed E-state index contributed by atoms with van der Waals surface area (Å²) in [5.41, 5.74) is 7.19. The number of nitrogens with two attached hydrogens (primary N) is 1. The summed E-state index contributed by atoms with van der Waals surface area (Å²) in [6, 6.07) is 1.53. The average Bonchev–Trinajstić information content (AvgIpc) is 2.88. The van der Waals surface area contributed by atoms with E-state index in [0.717, 1.165) is 38.2 Å². The Morgan fingerprint density at radius 2 is 1.81 bits per heavy atom. The first kappa shape index (κ1) is 36.8. The number of sulfone groups is 1. The maximum atomic E-state index is 13.7. The molecule has 11 heteroatoms. The van der Waals surface area contributed by atoms with Crippen molar-refractivity contribution in [3.8, 4) is 0 Å². The van der Waals surface area contributed by atoms with Crippen molar-refractivity contribution in [2.24, 2.45) is 11.7 Å². The van der Waals surface area contributed by atoms with E-state index in [4.69, 9.17) is 10.5 Å². The fourth-order valence-corrected chi connectivity index (χ4v) is 7.68. The van der Waals surface area contributed by atoms with Gasteiger partial charge in [0.2, 0.25) is 0 Å². The first-order valence-electron chi connectivity index (χ1n) is 15.4. The quantitative estimate of drug-likeness (QED) is 0.176. The number of benzene rings is 1. The number of hydrogen-bond acceptors (Lipinski definition) is 7. The number of carbonyl (C=O) groups excluding carboxylic acids is 1. The second-order valence-corrected chi connectivity index (χ2v) is 14.2. The fourth-order valence-electron chi connectivity index (χ4n) is 5.47. The lowest BCUT2D eigenvalue weighted by Crippen LogP contribution is -2.53. The highest BCUT2D eigenvalue weighted by molar-refractivity contribution is 7.92. The molecule has 1 aromatic carbocycles. The van der Waals surface area contributed by atoms with Crippen LogP contribution in [0, 0.1) is 17.6 Å². The lowest BCUT2D eigenvalue weighted by atomic mass is 9.85. The van der Waals surface area contributed by atoms with Gasteiger partial charge in [-0.05, 0) is 68.2 Å². The molecule has 1 saturated carbocycles. The summed E-state index contributed by atoms with van der Waals surface area (Å²) in [6.45, 7) is 10.4. The first-order valence-corrected chi connectivity index (χ1v) is 17.1. The largest absolute Gasteiger partial charge is 0.445 e. The minimum Gasteiger partial charge on any atom is -0.445 e. The van der Waals surface area contributed by atoms with Crippen molar-refractivity contribution in [2.45, 2.75) is 95.6 Å². The Bertz CT molecular complexity index is 1130. The van der Waals surface area contributed by atoms with E-state index in [1.54, 1.807) is 12.2 Å². The molecule has 43 heavy (non-hydrogen) atoms. The van der Waals surface area contributed by atoms with Crippen LogP contribution in [0.1, 0.15) is 71.3 Å². The van der Waals surface area contributed by atoms with E-state index in [-0.39, 0.29) is 31.9 Å². The van der Waals surface area contributed by atoms with Gasteiger partial charge in [-0.1, -0.05) is 51.8 Å². The molecule has 1 amide bonds. The van der Waals surface area contributed by atoms with Gasteiger partial charge in [0, 0.05) is 31.7 Å². The number of nitrogens with zero attached hydrogens (tertiary/aromatic N) is 1. The van der Waals surface area contributed by atoms with Crippen LogP contribution in [0.15, 0.2) is 42.5 Å². The lowest BCUT2D eigenvalue weighted by molar-refractivity contribution is 0.0692. The van der Waals surface area contributed by atoms with Gasteiger partial charge in [0.15, 0.2) is 9.84 Å². The highest BCUT2D eigenvalue weighted by Gasteiger charge is 2.32. The van der Waals surface area contributed by atoms with Gasteiger partial charge in [0.05, 0.1) is 23.1 Å². The molecular formula is C32H51F2N3O5S. The van der Waals surface area contributed by atoms with Gasteiger partial charge < -0.3 is 20.9 Å². The second-order valence-electron chi connectivity index (χ2n) is 11.8. The van der Waals surface area contributed by atoms with Crippen LogP contribution in [0.25, 0.3) is 0 Å². The molecule has 0 heterocycles. The fraction of sp³-hybridized carbons (Fsp3) is 0.656. The summed E-state index contributed by atoms with van der Waals surface area (Å²) < 4.78 is 59.8. The zero-order chi connectivity index (χ0) is 32.0. The lowest BCUT2D eigenvalue weighted by Gasteiger charge is -2.36. The summed E-state index contributed by atoms with van der Waals surface area (Å²) in [5.74, 6) is -1.33. The van der Waals surface area contributed by atoms with Crippen LogP contribution >= 0.6 is 0 Å². The van der Waals surface area contributed by atoms with Crippen molar-refractivity contribution >= 4 is 15.9 Å². The van der Waals surface area contributed by atoms with E-state index < -0.39 is 51.0 Å². The summed E-state index contributed by atoms with van der Waals surface area (Å²) >= 11 is 0. The molecule has 1 fully saturated rings. The van der Waals surface area contributed by atoms with Crippen molar-refractivity contribution < 1.29 is 31.8 Å². The molecule has 0 aromatic heterocycles. The Kier molecular flexibility index (Phi) is 15.8. The molecule has 3 atom stereocenters. The number of ether oxygens (including phenoxy) is 1. The molecule has 0 radical (unpaired) electrons. The number of amides is 1. The first-order chi connectivity index (χ1) is 20.4. The summed E-state index contributed by atoms with van der Waals surface area (Å²) in [5, 5.41) is 13.3. The van der Waals surface area contributed by atoms with Crippen LogP contribution in [0.2, 0.25) is 0 Å². The number of aliphatic hydroxyl groups excluding tert-OH is 1. The zero-order valence-corrected chi connectivity index (χ0v) is 26.8. The zero-order valence-electron chi connectivity index (χ0n) is 25.9. The Balaban J connectivity index is 2.23. The number of allylic oxidation sites excluding steroid dienone is 1. The Morgan fingerprint density at radius 1 is 1.19 bits per heavy atom. The molecule has 2 unspecified atom stereocenters.